The number of nitrogens with zero attached hydrogens (tertiary/aromatic N) is 2. The maximum Gasteiger partial charge on any atom is 0.135 e. The molecule has 5 nitrogen and oxygen atoms in total. The molecule has 0 spiro atoms. The van der Waals surface area contributed by atoms with Crippen molar-refractivity contribution < 1.29 is 4.74 Å². The number of hydrogen-bond acceptors (Lipinski definition) is 5. The van der Waals surface area contributed by atoms with Gasteiger partial charge in [0, 0.05) is 32.2 Å². The van der Waals surface area contributed by atoms with Crippen molar-refractivity contribution in [3.63, 3.8) is 0 Å². The first kappa shape index (κ1) is 15.7. The minimum Gasteiger partial charge on any atom is -0.384 e. The van der Waals surface area contributed by atoms with E-state index in [0.717, 1.165) is 36.2 Å². The number of hydrogen-bond donors (Lipinski definition) is 2. The lowest BCUT2D eigenvalue weighted by atomic mass is 10.2. The molecule has 0 aliphatic carbocycles. The zero-order chi connectivity index (χ0) is 14.4. The first-order valence-corrected chi connectivity index (χ1v) is 6.78. The maximum absolute atomic E-state index is 5.14. The van der Waals surface area contributed by atoms with E-state index in [1.807, 2.05) is 14.0 Å². The third-order valence-electron chi connectivity index (χ3n) is 2.99. The lowest BCUT2D eigenvalue weighted by molar-refractivity contribution is 0.164. The van der Waals surface area contributed by atoms with Crippen LogP contribution in [0.2, 0.25) is 0 Å². The average Bonchev–Trinajstić information content (AvgIpc) is 2.37. The molecule has 0 radical (unpaired) electrons. The Balaban J connectivity index is 2.89. The Labute approximate surface area is 116 Å². The molecule has 5 heteroatoms. The SMILES string of the molecule is CNc1nc(C(C)C)nc(NCC(C)COC)c1C. The van der Waals surface area contributed by atoms with E-state index in [4.69, 9.17) is 4.74 Å². The third-order valence-corrected chi connectivity index (χ3v) is 2.99. The van der Waals surface area contributed by atoms with Gasteiger partial charge >= 0.3 is 0 Å². The zero-order valence-electron chi connectivity index (χ0n) is 12.9. The fraction of sp³-hybridized carbons (Fsp3) is 0.714. The summed E-state index contributed by atoms with van der Waals surface area (Å²) < 4.78 is 5.14. The van der Waals surface area contributed by atoms with Crippen LogP contribution in [-0.2, 0) is 4.74 Å². The number of rotatable bonds is 7. The number of methoxy groups -OCH3 is 1. The first-order chi connectivity index (χ1) is 8.99. The van der Waals surface area contributed by atoms with Crippen molar-refractivity contribution in [3.05, 3.63) is 11.4 Å². The summed E-state index contributed by atoms with van der Waals surface area (Å²) in [7, 11) is 3.61. The van der Waals surface area contributed by atoms with Crippen molar-refractivity contribution in [1.29, 1.82) is 0 Å². The highest BCUT2D eigenvalue weighted by Crippen LogP contribution is 2.22. The second kappa shape index (κ2) is 7.28. The van der Waals surface area contributed by atoms with Gasteiger partial charge in [-0.25, -0.2) is 9.97 Å². The highest BCUT2D eigenvalue weighted by atomic mass is 16.5. The van der Waals surface area contributed by atoms with Crippen LogP contribution in [0.15, 0.2) is 0 Å². The topological polar surface area (TPSA) is 59.1 Å². The van der Waals surface area contributed by atoms with E-state index >= 15 is 0 Å². The molecule has 0 aromatic carbocycles. The van der Waals surface area contributed by atoms with E-state index in [0.29, 0.717) is 11.8 Å². The van der Waals surface area contributed by atoms with Crippen LogP contribution >= 0.6 is 0 Å². The van der Waals surface area contributed by atoms with Crippen molar-refractivity contribution in [2.24, 2.45) is 5.92 Å². The predicted octanol–water partition coefficient (Wildman–Crippen LogP) is 2.64. The van der Waals surface area contributed by atoms with E-state index < -0.39 is 0 Å². The van der Waals surface area contributed by atoms with Gasteiger partial charge in [-0.3, -0.25) is 0 Å². The highest BCUT2D eigenvalue weighted by molar-refractivity contribution is 5.57. The number of anilines is 2. The summed E-state index contributed by atoms with van der Waals surface area (Å²) in [5.74, 6) is 3.41. The molecule has 1 aromatic rings. The third kappa shape index (κ3) is 4.35. The van der Waals surface area contributed by atoms with Crippen LogP contribution < -0.4 is 10.6 Å². The molecule has 1 aromatic heterocycles. The number of aromatic nitrogens is 2. The van der Waals surface area contributed by atoms with Crippen LogP contribution in [0.25, 0.3) is 0 Å². The molecular formula is C14H26N4O. The van der Waals surface area contributed by atoms with E-state index in [1.165, 1.54) is 0 Å². The number of ether oxygens (including phenoxy) is 1. The minimum absolute atomic E-state index is 0.310. The molecule has 1 heterocycles. The average molecular weight is 266 g/mol. The Morgan fingerprint density at radius 2 is 1.79 bits per heavy atom. The molecule has 108 valence electrons. The van der Waals surface area contributed by atoms with Gasteiger partial charge in [0.15, 0.2) is 0 Å². The Kier molecular flexibility index (Phi) is 6.02. The summed E-state index contributed by atoms with van der Waals surface area (Å²) in [6, 6.07) is 0. The summed E-state index contributed by atoms with van der Waals surface area (Å²) in [6.45, 7) is 9.96. The predicted molar refractivity (Wildman–Crippen MR) is 79.9 cm³/mol. The van der Waals surface area contributed by atoms with Crippen LogP contribution in [0.1, 0.15) is 38.1 Å². The quantitative estimate of drug-likeness (QED) is 0.794. The first-order valence-electron chi connectivity index (χ1n) is 6.78. The Morgan fingerprint density at radius 3 is 2.32 bits per heavy atom. The monoisotopic (exact) mass is 266 g/mol. The molecule has 0 amide bonds. The molecule has 0 saturated heterocycles. The largest absolute Gasteiger partial charge is 0.384 e. The molecule has 1 rings (SSSR count). The van der Waals surface area contributed by atoms with Crippen molar-refractivity contribution in [2.45, 2.75) is 33.6 Å². The van der Waals surface area contributed by atoms with Crippen LogP contribution in [0.5, 0.6) is 0 Å². The molecule has 1 atom stereocenters. The number of nitrogens with one attached hydrogen (secondary N) is 2. The van der Waals surface area contributed by atoms with Gasteiger partial charge in [-0.1, -0.05) is 20.8 Å². The molecular weight excluding hydrogens is 240 g/mol. The lowest BCUT2D eigenvalue weighted by Crippen LogP contribution is -2.18. The van der Waals surface area contributed by atoms with Crippen molar-refractivity contribution >= 4 is 11.6 Å². The van der Waals surface area contributed by atoms with Gasteiger partial charge in [-0.15, -0.1) is 0 Å². The molecule has 19 heavy (non-hydrogen) atoms. The summed E-state index contributed by atoms with van der Waals surface area (Å²) in [6.07, 6.45) is 0. The molecule has 0 aliphatic rings. The summed E-state index contributed by atoms with van der Waals surface area (Å²) in [5.41, 5.74) is 1.05. The second-order valence-corrected chi connectivity index (χ2v) is 5.25. The normalized spacial score (nSPS) is 12.6. The Bertz CT molecular complexity index is 407. The summed E-state index contributed by atoms with van der Waals surface area (Å²) in [4.78, 5) is 9.14. The zero-order valence-corrected chi connectivity index (χ0v) is 12.9. The van der Waals surface area contributed by atoms with Gasteiger partial charge in [0.2, 0.25) is 0 Å². The molecule has 0 aliphatic heterocycles. The van der Waals surface area contributed by atoms with Gasteiger partial charge < -0.3 is 15.4 Å². The van der Waals surface area contributed by atoms with E-state index in [1.54, 1.807) is 7.11 Å². The van der Waals surface area contributed by atoms with E-state index in [9.17, 15) is 0 Å². The lowest BCUT2D eigenvalue weighted by Gasteiger charge is -2.17. The summed E-state index contributed by atoms with van der Waals surface area (Å²) in [5, 5.41) is 6.52. The molecule has 2 N–H and O–H groups in total. The van der Waals surface area contributed by atoms with Gasteiger partial charge in [-0.2, -0.15) is 0 Å². The van der Waals surface area contributed by atoms with Crippen molar-refractivity contribution in [1.82, 2.24) is 9.97 Å². The molecule has 0 bridgehead atoms. The second-order valence-electron chi connectivity index (χ2n) is 5.25. The fourth-order valence-corrected chi connectivity index (χ4v) is 1.82. The molecule has 0 fully saturated rings. The van der Waals surface area contributed by atoms with Gasteiger partial charge in [0.05, 0.1) is 6.61 Å². The van der Waals surface area contributed by atoms with E-state index in [-0.39, 0.29) is 0 Å². The van der Waals surface area contributed by atoms with Crippen LogP contribution in [0.4, 0.5) is 11.6 Å². The minimum atomic E-state index is 0.310. The Morgan fingerprint density at radius 1 is 1.16 bits per heavy atom. The molecule has 0 saturated carbocycles. The van der Waals surface area contributed by atoms with Crippen LogP contribution in [0, 0.1) is 12.8 Å². The Hall–Kier alpha value is -1.36. The van der Waals surface area contributed by atoms with Crippen LogP contribution in [0.3, 0.4) is 0 Å². The van der Waals surface area contributed by atoms with Crippen molar-refractivity contribution in [2.75, 3.05) is 37.9 Å². The highest BCUT2D eigenvalue weighted by Gasteiger charge is 2.12. The van der Waals surface area contributed by atoms with E-state index in [2.05, 4.69) is 41.4 Å². The molecule has 1 unspecified atom stereocenters. The fourth-order valence-electron chi connectivity index (χ4n) is 1.82. The summed E-state index contributed by atoms with van der Waals surface area (Å²) >= 11 is 0. The van der Waals surface area contributed by atoms with Gasteiger partial charge in [0.1, 0.15) is 17.5 Å². The standard InChI is InChI=1S/C14H26N4O/c1-9(2)12-17-13(15-5)11(4)14(18-12)16-7-10(3)8-19-6/h9-10H,7-8H2,1-6H3,(H2,15,16,17,18). The van der Waals surface area contributed by atoms with Gasteiger partial charge in [-0.05, 0) is 12.8 Å². The van der Waals surface area contributed by atoms with Crippen LogP contribution in [-0.4, -0.2) is 37.3 Å². The van der Waals surface area contributed by atoms with Crippen molar-refractivity contribution in [3.8, 4) is 0 Å². The smallest absolute Gasteiger partial charge is 0.135 e. The maximum atomic E-state index is 5.14. The van der Waals surface area contributed by atoms with Gasteiger partial charge in [0.25, 0.3) is 0 Å².